The first-order valence-electron chi connectivity index (χ1n) is 14.3. The highest BCUT2D eigenvalue weighted by Gasteiger charge is 2.37. The van der Waals surface area contributed by atoms with Gasteiger partial charge in [-0.05, 0) is 67.3 Å². The number of carbonyl (C=O) groups is 3. The fourth-order valence-electron chi connectivity index (χ4n) is 5.37. The third-order valence-electron chi connectivity index (χ3n) is 7.71. The van der Waals surface area contributed by atoms with Gasteiger partial charge in [0.05, 0.1) is 22.6 Å². The van der Waals surface area contributed by atoms with E-state index in [0.29, 0.717) is 58.4 Å². The second-order valence-electron chi connectivity index (χ2n) is 10.8. The zero-order valence-electron chi connectivity index (χ0n) is 25.0. The van der Waals surface area contributed by atoms with Crippen molar-refractivity contribution in [1.82, 2.24) is 9.80 Å². The summed E-state index contributed by atoms with van der Waals surface area (Å²) in [6, 6.07) is 6.38. The molecule has 250 valence electrons. The van der Waals surface area contributed by atoms with Gasteiger partial charge in [-0.25, -0.2) is 4.79 Å². The minimum absolute atomic E-state index is 0.00510. The number of benzene rings is 2. The van der Waals surface area contributed by atoms with Crippen LogP contribution in [0, 0.1) is 6.92 Å². The van der Waals surface area contributed by atoms with Crippen molar-refractivity contribution in [3.8, 4) is 0 Å². The molecular formula is C31H27F6N3O5S2. The summed E-state index contributed by atoms with van der Waals surface area (Å²) in [7, 11) is 0. The van der Waals surface area contributed by atoms with Crippen LogP contribution in [0.5, 0.6) is 0 Å². The van der Waals surface area contributed by atoms with Crippen LogP contribution in [0.25, 0.3) is 16.5 Å². The molecule has 0 unspecified atom stereocenters. The predicted octanol–water partition coefficient (Wildman–Crippen LogP) is 7.42. The van der Waals surface area contributed by atoms with E-state index in [-0.39, 0.29) is 36.7 Å². The van der Waals surface area contributed by atoms with Gasteiger partial charge in [0.2, 0.25) is 11.8 Å². The Kier molecular flexibility index (Phi) is 9.64. The maximum atomic E-state index is 13.3. The number of furan rings is 1. The molecule has 16 heteroatoms. The fraction of sp³-hybridized carbons (Fsp3) is 0.355. The molecule has 3 heterocycles. The number of thioether (sulfide) groups is 1. The Labute approximate surface area is 274 Å². The van der Waals surface area contributed by atoms with Crippen molar-refractivity contribution in [2.45, 2.75) is 39.2 Å². The van der Waals surface area contributed by atoms with Gasteiger partial charge in [0.25, 0.3) is 0 Å². The number of alkyl halides is 6. The largest absolute Gasteiger partial charge is 0.459 e. The van der Waals surface area contributed by atoms with Gasteiger partial charge in [0.1, 0.15) is 28.8 Å². The molecule has 47 heavy (non-hydrogen) atoms. The Morgan fingerprint density at radius 1 is 1.06 bits per heavy atom. The van der Waals surface area contributed by atoms with E-state index in [0.717, 1.165) is 11.1 Å². The summed E-state index contributed by atoms with van der Waals surface area (Å²) in [5, 5.41) is 0.537. The Morgan fingerprint density at radius 2 is 1.74 bits per heavy atom. The van der Waals surface area contributed by atoms with Gasteiger partial charge < -0.3 is 14.1 Å². The number of aryl methyl sites for hydroxylation is 1. The molecule has 1 saturated heterocycles. The molecule has 1 fully saturated rings. The standard InChI is InChI=1S/C31H27F6N3O5S2/c1-3-39(28(43)44-15-18-10-21(30(32,33)34)13-22(11-18)31(35,36)37)27-17(2)45-24-5-4-20(12-23(24)27)19-6-8-38(9-7-19)25(41)14-40-26(42)16-47-29(40)46/h4-6,10-13H,3,7-9,14-16H2,1-2H3. The Hall–Kier alpha value is -4.05. The summed E-state index contributed by atoms with van der Waals surface area (Å²) in [5.74, 6) is 0.146. The van der Waals surface area contributed by atoms with Crippen molar-refractivity contribution in [3.05, 3.63) is 70.5 Å². The van der Waals surface area contributed by atoms with Crippen LogP contribution >= 0.6 is 24.0 Å². The number of rotatable bonds is 7. The smallest absolute Gasteiger partial charge is 0.416 e. The van der Waals surface area contributed by atoms with Crippen LogP contribution in [0.15, 0.2) is 46.9 Å². The van der Waals surface area contributed by atoms with Gasteiger partial charge in [-0.3, -0.25) is 19.4 Å². The van der Waals surface area contributed by atoms with E-state index in [1.807, 2.05) is 12.1 Å². The lowest BCUT2D eigenvalue weighted by molar-refractivity contribution is -0.143. The summed E-state index contributed by atoms with van der Waals surface area (Å²) >= 11 is 6.38. The highest BCUT2D eigenvalue weighted by Crippen LogP contribution is 2.38. The van der Waals surface area contributed by atoms with Crippen LogP contribution in [-0.4, -0.2) is 64.0 Å². The molecule has 1 aromatic heterocycles. The SMILES string of the molecule is CCN(C(=O)OCc1cc(C(F)(F)F)cc(C(F)(F)F)c1)c1c(C)oc2ccc(C3=CCN(C(=O)CN4C(=O)CSC4=S)CC3)cc12. The molecule has 0 aliphatic carbocycles. The van der Waals surface area contributed by atoms with Crippen LogP contribution in [0.4, 0.5) is 36.8 Å². The summed E-state index contributed by atoms with van der Waals surface area (Å²) in [5.41, 5.74) is -0.984. The normalized spacial score (nSPS) is 15.8. The van der Waals surface area contributed by atoms with E-state index >= 15 is 0 Å². The topological polar surface area (TPSA) is 83.3 Å². The molecule has 0 atom stereocenters. The van der Waals surface area contributed by atoms with Crippen LogP contribution in [0.3, 0.4) is 0 Å². The van der Waals surface area contributed by atoms with Gasteiger partial charge in [-0.2, -0.15) is 26.3 Å². The number of ether oxygens (including phenoxy) is 1. The number of anilines is 1. The lowest BCUT2D eigenvalue weighted by Crippen LogP contribution is -2.43. The van der Waals surface area contributed by atoms with Crippen LogP contribution in [0.2, 0.25) is 0 Å². The second kappa shape index (κ2) is 13.2. The van der Waals surface area contributed by atoms with E-state index in [2.05, 4.69) is 0 Å². The first kappa shape index (κ1) is 34.3. The summed E-state index contributed by atoms with van der Waals surface area (Å²) < 4.78 is 91.2. The van der Waals surface area contributed by atoms with Crippen molar-refractivity contribution in [2.24, 2.45) is 0 Å². The summed E-state index contributed by atoms with van der Waals surface area (Å²) in [6.45, 7) is 3.07. The Balaban J connectivity index is 1.33. The molecule has 0 radical (unpaired) electrons. The summed E-state index contributed by atoms with van der Waals surface area (Å²) in [4.78, 5) is 42.1. The molecule has 8 nitrogen and oxygen atoms in total. The summed E-state index contributed by atoms with van der Waals surface area (Å²) in [6.07, 6.45) is -8.67. The lowest BCUT2D eigenvalue weighted by atomic mass is 9.98. The molecule has 2 aliphatic heterocycles. The van der Waals surface area contributed by atoms with Crippen molar-refractivity contribution >= 4 is 68.4 Å². The zero-order chi connectivity index (χ0) is 34.3. The van der Waals surface area contributed by atoms with E-state index in [1.54, 1.807) is 30.9 Å². The van der Waals surface area contributed by atoms with E-state index in [1.165, 1.54) is 21.6 Å². The number of hydrogen-bond acceptors (Lipinski definition) is 7. The average Bonchev–Trinajstić information content (AvgIpc) is 3.52. The maximum Gasteiger partial charge on any atom is 0.416 e. The lowest BCUT2D eigenvalue weighted by Gasteiger charge is -2.28. The average molecular weight is 700 g/mol. The Bertz CT molecular complexity index is 1740. The monoisotopic (exact) mass is 699 g/mol. The third kappa shape index (κ3) is 7.43. The van der Waals surface area contributed by atoms with Gasteiger partial charge in [0.15, 0.2) is 0 Å². The molecule has 0 saturated carbocycles. The zero-order valence-corrected chi connectivity index (χ0v) is 26.6. The number of carbonyl (C=O) groups excluding carboxylic acids is 3. The van der Waals surface area contributed by atoms with Crippen molar-refractivity contribution in [3.63, 3.8) is 0 Å². The molecule has 3 aromatic rings. The van der Waals surface area contributed by atoms with Gasteiger partial charge in [-0.1, -0.05) is 36.1 Å². The minimum atomic E-state index is -5.04. The van der Waals surface area contributed by atoms with Crippen molar-refractivity contribution in [2.75, 3.05) is 36.8 Å². The van der Waals surface area contributed by atoms with Crippen LogP contribution < -0.4 is 4.90 Å². The molecular weight excluding hydrogens is 672 g/mol. The Morgan fingerprint density at radius 3 is 2.30 bits per heavy atom. The van der Waals surface area contributed by atoms with E-state index in [9.17, 15) is 40.7 Å². The molecule has 0 bridgehead atoms. The number of amides is 3. The third-order valence-corrected chi connectivity index (χ3v) is 9.15. The molecule has 2 aliphatic rings. The van der Waals surface area contributed by atoms with E-state index < -0.39 is 41.7 Å². The number of nitrogens with zero attached hydrogens (tertiary/aromatic N) is 3. The first-order valence-corrected chi connectivity index (χ1v) is 15.7. The maximum absolute atomic E-state index is 13.3. The molecule has 0 N–H and O–H groups in total. The molecule has 0 spiro atoms. The highest BCUT2D eigenvalue weighted by molar-refractivity contribution is 8.23. The number of hydrogen-bond donors (Lipinski definition) is 0. The van der Waals surface area contributed by atoms with Crippen LogP contribution in [-0.2, 0) is 33.3 Å². The number of halogens is 6. The first-order chi connectivity index (χ1) is 22.1. The van der Waals surface area contributed by atoms with Crippen molar-refractivity contribution < 1.29 is 49.9 Å². The highest BCUT2D eigenvalue weighted by atomic mass is 32.2. The van der Waals surface area contributed by atoms with Gasteiger partial charge in [-0.15, -0.1) is 0 Å². The molecule has 5 rings (SSSR count). The van der Waals surface area contributed by atoms with E-state index in [4.69, 9.17) is 21.4 Å². The van der Waals surface area contributed by atoms with Gasteiger partial charge in [0, 0.05) is 25.0 Å². The van der Waals surface area contributed by atoms with Gasteiger partial charge >= 0.3 is 18.4 Å². The van der Waals surface area contributed by atoms with Crippen molar-refractivity contribution in [1.29, 1.82) is 0 Å². The predicted molar refractivity (Wildman–Crippen MR) is 167 cm³/mol. The number of fused-ring (bicyclic) bond motifs is 1. The molecule has 3 amide bonds. The molecule has 2 aromatic carbocycles. The van der Waals surface area contributed by atoms with Crippen LogP contribution in [0.1, 0.15) is 41.4 Å². The fourth-order valence-corrected chi connectivity index (χ4v) is 6.44. The quantitative estimate of drug-likeness (QED) is 0.188. The minimum Gasteiger partial charge on any atom is -0.459 e. The number of thiocarbonyl (C=S) groups is 1. The second-order valence-corrected chi connectivity index (χ2v) is 12.4.